The quantitative estimate of drug-likeness (QED) is 0.326. The molecule has 11 heteroatoms. The monoisotopic (exact) mass is 659 g/mol. The van der Waals surface area contributed by atoms with E-state index >= 15 is 0 Å². The summed E-state index contributed by atoms with van der Waals surface area (Å²) >= 11 is 11.7. The Balaban J connectivity index is 0.000000427. The zero-order chi connectivity index (χ0) is 32.1. The van der Waals surface area contributed by atoms with Gasteiger partial charge in [-0.15, -0.1) is 0 Å². The van der Waals surface area contributed by atoms with Gasteiger partial charge in [0.05, 0.1) is 12.3 Å². The highest BCUT2D eigenvalue weighted by Gasteiger charge is 2.56. The van der Waals surface area contributed by atoms with Crippen LogP contribution in [0.2, 0.25) is 10.0 Å². The zero-order valence-corrected chi connectivity index (χ0v) is 27.7. The van der Waals surface area contributed by atoms with Gasteiger partial charge in [-0.1, -0.05) is 79.0 Å². The number of fused-ring (bicyclic) bond motifs is 2. The second-order valence-electron chi connectivity index (χ2n) is 10.9. The SMILES string of the molecule is CC.Cc1ccc(OC2CCN(S(C)(=O)=O)CC2)c([C@H]2NC(=O)CC[C@]23C(=O)Nc2cc(Cl)ccc23)c1.Clc1ccccc1. The predicted molar refractivity (Wildman–Crippen MR) is 176 cm³/mol. The number of benzene rings is 3. The summed E-state index contributed by atoms with van der Waals surface area (Å²) < 4.78 is 31.6. The smallest absolute Gasteiger partial charge is 0.237 e. The molecule has 3 aliphatic rings. The van der Waals surface area contributed by atoms with E-state index in [1.807, 2.05) is 75.4 Å². The number of nitrogens with one attached hydrogen (secondary N) is 2. The summed E-state index contributed by atoms with van der Waals surface area (Å²) in [6.45, 7) is 6.74. The molecule has 2 amide bonds. The first-order chi connectivity index (χ1) is 21.0. The Kier molecular flexibility index (Phi) is 11.0. The second kappa shape index (κ2) is 14.3. The van der Waals surface area contributed by atoms with E-state index in [9.17, 15) is 18.0 Å². The first-order valence-electron chi connectivity index (χ1n) is 14.8. The van der Waals surface area contributed by atoms with Gasteiger partial charge in [0.15, 0.2) is 0 Å². The van der Waals surface area contributed by atoms with Gasteiger partial charge in [0.25, 0.3) is 0 Å². The summed E-state index contributed by atoms with van der Waals surface area (Å²) in [4.78, 5) is 26.1. The highest BCUT2D eigenvalue weighted by molar-refractivity contribution is 7.88. The van der Waals surface area contributed by atoms with Crippen molar-refractivity contribution in [3.05, 3.63) is 93.5 Å². The highest BCUT2D eigenvalue weighted by Crippen LogP contribution is 2.52. The van der Waals surface area contributed by atoms with E-state index in [-0.39, 0.29) is 24.3 Å². The van der Waals surface area contributed by atoms with Gasteiger partial charge in [-0.05, 0) is 62.1 Å². The molecule has 2 N–H and O–H groups in total. The molecule has 2 saturated heterocycles. The van der Waals surface area contributed by atoms with Crippen molar-refractivity contribution < 1.29 is 22.7 Å². The maximum absolute atomic E-state index is 13.5. The Morgan fingerprint density at radius 3 is 2.23 bits per heavy atom. The third-order valence-electron chi connectivity index (χ3n) is 8.03. The minimum Gasteiger partial charge on any atom is -0.490 e. The van der Waals surface area contributed by atoms with Gasteiger partial charge in [0, 0.05) is 40.8 Å². The molecule has 0 radical (unpaired) electrons. The lowest BCUT2D eigenvalue weighted by molar-refractivity contribution is -0.130. The van der Waals surface area contributed by atoms with E-state index in [1.54, 1.807) is 12.1 Å². The fourth-order valence-corrected chi connectivity index (χ4v) is 7.12. The Morgan fingerprint density at radius 2 is 1.61 bits per heavy atom. The Labute approximate surface area is 270 Å². The summed E-state index contributed by atoms with van der Waals surface area (Å²) in [6.07, 6.45) is 2.76. The van der Waals surface area contributed by atoms with Crippen molar-refractivity contribution in [1.82, 2.24) is 9.62 Å². The van der Waals surface area contributed by atoms with Crippen LogP contribution >= 0.6 is 23.2 Å². The molecule has 2 atom stereocenters. The van der Waals surface area contributed by atoms with Crippen LogP contribution in [0.5, 0.6) is 5.75 Å². The predicted octanol–water partition coefficient (Wildman–Crippen LogP) is 6.66. The number of sulfonamides is 1. The van der Waals surface area contributed by atoms with Gasteiger partial charge in [0.1, 0.15) is 17.3 Å². The van der Waals surface area contributed by atoms with Crippen molar-refractivity contribution in [2.45, 2.75) is 64.0 Å². The van der Waals surface area contributed by atoms with Crippen molar-refractivity contribution >= 4 is 50.7 Å². The molecule has 6 rings (SSSR count). The van der Waals surface area contributed by atoms with Gasteiger partial charge in [-0.2, -0.15) is 0 Å². The lowest BCUT2D eigenvalue weighted by atomic mass is 9.67. The Morgan fingerprint density at radius 1 is 0.932 bits per heavy atom. The van der Waals surface area contributed by atoms with Gasteiger partial charge in [0.2, 0.25) is 21.8 Å². The molecule has 1 spiro atoms. The van der Waals surface area contributed by atoms with Crippen LogP contribution in [0, 0.1) is 6.92 Å². The first kappa shape index (κ1) is 33.8. The largest absolute Gasteiger partial charge is 0.490 e. The fraction of sp³-hybridized carbons (Fsp3) is 0.394. The number of nitrogens with zero attached hydrogens (tertiary/aromatic N) is 1. The van der Waals surface area contributed by atoms with E-state index in [0.29, 0.717) is 48.8 Å². The summed E-state index contributed by atoms with van der Waals surface area (Å²) in [5.41, 5.74) is 2.20. The molecule has 0 unspecified atom stereocenters. The minimum atomic E-state index is -3.24. The minimum absolute atomic E-state index is 0.121. The van der Waals surface area contributed by atoms with Crippen molar-refractivity contribution in [1.29, 1.82) is 0 Å². The normalized spacial score (nSPS) is 21.6. The van der Waals surface area contributed by atoms with Crippen LogP contribution in [0.15, 0.2) is 66.7 Å². The lowest BCUT2D eigenvalue weighted by Crippen LogP contribution is -2.52. The van der Waals surface area contributed by atoms with Crippen molar-refractivity contribution in [3.8, 4) is 5.75 Å². The van der Waals surface area contributed by atoms with Crippen LogP contribution in [0.4, 0.5) is 5.69 Å². The number of amides is 2. The van der Waals surface area contributed by atoms with Crippen LogP contribution < -0.4 is 15.4 Å². The molecule has 3 aliphatic heterocycles. The maximum Gasteiger partial charge on any atom is 0.237 e. The fourth-order valence-electron chi connectivity index (χ4n) is 5.93. The second-order valence-corrected chi connectivity index (χ2v) is 13.8. The average molecular weight is 661 g/mol. The molecule has 3 heterocycles. The molecule has 44 heavy (non-hydrogen) atoms. The van der Waals surface area contributed by atoms with Crippen LogP contribution in [-0.4, -0.2) is 50.0 Å². The molecule has 236 valence electrons. The summed E-state index contributed by atoms with van der Waals surface area (Å²) in [5, 5.41) is 7.37. The summed E-state index contributed by atoms with van der Waals surface area (Å²) in [6, 6.07) is 19.9. The van der Waals surface area contributed by atoms with Crippen molar-refractivity contribution in [3.63, 3.8) is 0 Å². The average Bonchev–Trinajstić information content (AvgIpc) is 3.27. The number of carbonyl (C=O) groups is 2. The van der Waals surface area contributed by atoms with E-state index in [4.69, 9.17) is 27.9 Å². The zero-order valence-electron chi connectivity index (χ0n) is 25.4. The van der Waals surface area contributed by atoms with Gasteiger partial charge in [-0.3, -0.25) is 9.59 Å². The Hall–Kier alpha value is -3.11. The third-order valence-corrected chi connectivity index (χ3v) is 9.82. The van der Waals surface area contributed by atoms with Gasteiger partial charge in [-0.25, -0.2) is 12.7 Å². The van der Waals surface area contributed by atoms with E-state index in [0.717, 1.165) is 21.7 Å². The highest BCUT2D eigenvalue weighted by atomic mass is 35.5. The van der Waals surface area contributed by atoms with Gasteiger partial charge < -0.3 is 15.4 Å². The van der Waals surface area contributed by atoms with Crippen molar-refractivity contribution in [2.24, 2.45) is 0 Å². The number of carbonyl (C=O) groups excluding carboxylic acids is 2. The van der Waals surface area contributed by atoms with Crippen LogP contribution in [-0.2, 0) is 25.0 Å². The lowest BCUT2D eigenvalue weighted by Gasteiger charge is -2.41. The van der Waals surface area contributed by atoms with Crippen molar-refractivity contribution in [2.75, 3.05) is 24.7 Å². The molecule has 0 bridgehead atoms. The number of ether oxygens (including phenoxy) is 1. The number of hydrogen-bond acceptors (Lipinski definition) is 5. The van der Waals surface area contributed by atoms with Crippen LogP contribution in [0.25, 0.3) is 0 Å². The number of anilines is 1. The molecule has 0 saturated carbocycles. The molecular weight excluding hydrogens is 621 g/mol. The van der Waals surface area contributed by atoms with E-state index < -0.39 is 21.5 Å². The van der Waals surface area contributed by atoms with Crippen LogP contribution in [0.3, 0.4) is 0 Å². The first-order valence-corrected chi connectivity index (χ1v) is 17.4. The molecule has 3 aromatic rings. The molecule has 2 fully saturated rings. The molecule has 0 aromatic heterocycles. The van der Waals surface area contributed by atoms with Gasteiger partial charge >= 0.3 is 0 Å². The number of rotatable bonds is 4. The number of hydrogen-bond donors (Lipinski definition) is 2. The maximum atomic E-state index is 13.5. The number of aryl methyl sites for hydroxylation is 1. The molecule has 3 aromatic carbocycles. The van der Waals surface area contributed by atoms with E-state index in [2.05, 4.69) is 10.6 Å². The third kappa shape index (κ3) is 7.40. The van der Waals surface area contributed by atoms with Crippen LogP contribution in [0.1, 0.15) is 62.3 Å². The summed E-state index contributed by atoms with van der Waals surface area (Å²) in [5.74, 6) is 0.300. The standard InChI is InChI=1S/C25H28ClN3O5S.C6H5Cl.C2H6/c1-15-3-6-21(34-17-8-11-29(12-9-17)35(2,32)33)18(13-15)23-25(10-7-22(30)28-23)19-5-4-16(26)14-20(19)27-24(25)31;7-6-4-2-1-3-5-6;1-2/h3-6,13-14,17,23H,7-12H2,1-2H3,(H,27,31)(H,28,30);1-5H;1-2H3/t23-,25-;;/m1../s1. The molecule has 0 aliphatic carbocycles. The number of piperidine rings is 2. The molecular formula is C33H39Cl2N3O5S. The van der Waals surface area contributed by atoms with E-state index in [1.165, 1.54) is 10.6 Å². The Bertz CT molecular complexity index is 1590. The number of halogens is 2. The molecule has 8 nitrogen and oxygen atoms in total. The summed E-state index contributed by atoms with van der Waals surface area (Å²) in [7, 11) is -3.24. The topological polar surface area (TPSA) is 105 Å².